The molecule has 0 unspecified atom stereocenters. The van der Waals surface area contributed by atoms with Gasteiger partial charge < -0.3 is 9.47 Å². The fourth-order valence-corrected chi connectivity index (χ4v) is 2.46. The molecule has 0 saturated carbocycles. The van der Waals surface area contributed by atoms with Crippen molar-refractivity contribution in [1.29, 1.82) is 0 Å². The predicted molar refractivity (Wildman–Crippen MR) is 78.1 cm³/mol. The molecule has 1 atom stereocenters. The first kappa shape index (κ1) is 15.8. The molecule has 0 N–H and O–H groups in total. The van der Waals surface area contributed by atoms with E-state index >= 15 is 0 Å². The fraction of sp³-hybridized carbons (Fsp3) is 0.312. The van der Waals surface area contributed by atoms with E-state index in [-0.39, 0.29) is 6.61 Å². The lowest BCUT2D eigenvalue weighted by Gasteiger charge is -2.28. The van der Waals surface area contributed by atoms with Crippen molar-refractivity contribution in [3.8, 4) is 5.75 Å². The lowest BCUT2D eigenvalue weighted by Crippen LogP contribution is -2.37. The Morgan fingerprint density at radius 1 is 1.23 bits per heavy atom. The van der Waals surface area contributed by atoms with E-state index in [0.717, 1.165) is 10.5 Å². The number of carbonyl (C=O) groups is 3. The van der Waals surface area contributed by atoms with Gasteiger partial charge in [0.15, 0.2) is 0 Å². The summed E-state index contributed by atoms with van der Waals surface area (Å²) >= 11 is 0. The predicted octanol–water partition coefficient (Wildman–Crippen LogP) is 1.53. The molecule has 0 saturated heterocycles. The summed E-state index contributed by atoms with van der Waals surface area (Å²) < 4.78 is 10.4. The van der Waals surface area contributed by atoms with Crippen molar-refractivity contribution in [3.05, 3.63) is 41.5 Å². The first-order chi connectivity index (χ1) is 10.5. The molecule has 2 amide bonds. The third-order valence-corrected chi connectivity index (χ3v) is 3.44. The van der Waals surface area contributed by atoms with Gasteiger partial charge in [0.05, 0.1) is 7.11 Å². The highest BCUT2D eigenvalue weighted by Gasteiger charge is 2.35. The largest absolute Gasteiger partial charge is 0.496 e. The number of nitrogens with zero attached hydrogens (tertiary/aromatic N) is 1. The van der Waals surface area contributed by atoms with Gasteiger partial charge in [-0.25, -0.2) is 0 Å². The summed E-state index contributed by atoms with van der Waals surface area (Å²) in [5.74, 6) is -0.825. The van der Waals surface area contributed by atoms with E-state index in [1.165, 1.54) is 26.2 Å². The maximum absolute atomic E-state index is 12.0. The summed E-state index contributed by atoms with van der Waals surface area (Å²) in [6.07, 6.45) is 2.40. The van der Waals surface area contributed by atoms with E-state index in [1.54, 1.807) is 6.07 Å². The standard InChI is InChI=1S/C16H17NO5/c1-10-5-4-6-13(21-3)16(10)12(9-22-11(2)18)17-14(19)7-8-15(17)20/h4-8,12H,9H2,1-3H3/t12-/m1/s1. The number of rotatable bonds is 5. The van der Waals surface area contributed by atoms with Gasteiger partial charge in [-0.1, -0.05) is 12.1 Å². The number of esters is 1. The van der Waals surface area contributed by atoms with E-state index in [4.69, 9.17) is 9.47 Å². The maximum Gasteiger partial charge on any atom is 0.302 e. The number of aryl methyl sites for hydroxylation is 1. The van der Waals surface area contributed by atoms with Crippen molar-refractivity contribution in [2.75, 3.05) is 13.7 Å². The van der Waals surface area contributed by atoms with Crippen LogP contribution < -0.4 is 4.74 Å². The average molecular weight is 303 g/mol. The van der Waals surface area contributed by atoms with Crippen LogP contribution in [0.5, 0.6) is 5.75 Å². The zero-order chi connectivity index (χ0) is 16.3. The summed E-state index contributed by atoms with van der Waals surface area (Å²) in [6.45, 7) is 3.00. The number of hydrogen-bond donors (Lipinski definition) is 0. The number of hydrogen-bond acceptors (Lipinski definition) is 5. The molecule has 0 aliphatic carbocycles. The molecule has 22 heavy (non-hydrogen) atoms. The van der Waals surface area contributed by atoms with Crippen molar-refractivity contribution in [3.63, 3.8) is 0 Å². The van der Waals surface area contributed by atoms with E-state index in [1.807, 2.05) is 19.1 Å². The zero-order valence-electron chi connectivity index (χ0n) is 12.7. The molecule has 0 aromatic heterocycles. The molecule has 0 bridgehead atoms. The van der Waals surface area contributed by atoms with Crippen molar-refractivity contribution < 1.29 is 23.9 Å². The number of carbonyl (C=O) groups excluding carboxylic acids is 3. The SMILES string of the molecule is COc1cccc(C)c1[C@@H](COC(C)=O)N1C(=O)C=CC1=O. The highest BCUT2D eigenvalue weighted by Crippen LogP contribution is 2.34. The van der Waals surface area contributed by atoms with Gasteiger partial charge in [-0.15, -0.1) is 0 Å². The second-order valence-electron chi connectivity index (χ2n) is 4.89. The Morgan fingerprint density at radius 3 is 2.41 bits per heavy atom. The molecule has 2 rings (SSSR count). The Labute approximate surface area is 128 Å². The van der Waals surface area contributed by atoms with E-state index in [0.29, 0.717) is 11.3 Å². The first-order valence-corrected chi connectivity index (χ1v) is 6.77. The lowest BCUT2D eigenvalue weighted by atomic mass is 9.99. The topological polar surface area (TPSA) is 72.9 Å². The van der Waals surface area contributed by atoms with E-state index in [9.17, 15) is 14.4 Å². The molecular formula is C16H17NO5. The number of benzene rings is 1. The summed E-state index contributed by atoms with van der Waals surface area (Å²) in [4.78, 5) is 36.2. The molecule has 1 aromatic carbocycles. The summed E-state index contributed by atoms with van der Waals surface area (Å²) in [7, 11) is 1.51. The average Bonchev–Trinajstić information content (AvgIpc) is 2.80. The minimum atomic E-state index is -0.727. The third kappa shape index (κ3) is 3.00. The Balaban J connectivity index is 2.47. The van der Waals surface area contributed by atoms with Gasteiger partial charge in [-0.2, -0.15) is 0 Å². The van der Waals surface area contributed by atoms with Crippen LogP contribution in [0.4, 0.5) is 0 Å². The highest BCUT2D eigenvalue weighted by atomic mass is 16.5. The number of amides is 2. The minimum absolute atomic E-state index is 0.115. The van der Waals surface area contributed by atoms with Crippen LogP contribution in [-0.4, -0.2) is 36.4 Å². The smallest absolute Gasteiger partial charge is 0.302 e. The van der Waals surface area contributed by atoms with Crippen molar-refractivity contribution in [1.82, 2.24) is 4.90 Å². The molecule has 0 spiro atoms. The monoisotopic (exact) mass is 303 g/mol. The molecule has 6 nitrogen and oxygen atoms in total. The van der Waals surface area contributed by atoms with Crippen LogP contribution >= 0.6 is 0 Å². The first-order valence-electron chi connectivity index (χ1n) is 6.77. The Kier molecular flexibility index (Phi) is 4.60. The van der Waals surface area contributed by atoms with Crippen molar-refractivity contribution in [2.45, 2.75) is 19.9 Å². The molecule has 1 heterocycles. The van der Waals surface area contributed by atoms with Crippen molar-refractivity contribution >= 4 is 17.8 Å². The van der Waals surface area contributed by atoms with Crippen LogP contribution in [0.2, 0.25) is 0 Å². The van der Waals surface area contributed by atoms with Crippen LogP contribution in [0.3, 0.4) is 0 Å². The van der Waals surface area contributed by atoms with Gasteiger partial charge in [0.1, 0.15) is 18.4 Å². The van der Waals surface area contributed by atoms with Gasteiger partial charge in [0, 0.05) is 24.6 Å². The molecule has 1 aromatic rings. The lowest BCUT2D eigenvalue weighted by molar-refractivity contribution is -0.149. The Bertz CT molecular complexity index is 632. The molecular weight excluding hydrogens is 286 g/mol. The molecule has 1 aliphatic heterocycles. The van der Waals surface area contributed by atoms with Crippen LogP contribution in [0.1, 0.15) is 24.1 Å². The van der Waals surface area contributed by atoms with Crippen LogP contribution in [-0.2, 0) is 19.1 Å². The number of imide groups is 1. The van der Waals surface area contributed by atoms with Crippen molar-refractivity contribution in [2.24, 2.45) is 0 Å². The summed E-state index contributed by atoms with van der Waals surface area (Å²) in [5.41, 5.74) is 1.49. The Hall–Kier alpha value is -2.63. The molecule has 1 aliphatic rings. The Morgan fingerprint density at radius 2 is 1.86 bits per heavy atom. The number of ether oxygens (including phenoxy) is 2. The second-order valence-corrected chi connectivity index (χ2v) is 4.89. The molecule has 116 valence electrons. The van der Waals surface area contributed by atoms with Gasteiger partial charge >= 0.3 is 5.97 Å². The second kappa shape index (κ2) is 6.43. The maximum atomic E-state index is 12.0. The van der Waals surface area contributed by atoms with E-state index in [2.05, 4.69) is 0 Å². The fourth-order valence-electron chi connectivity index (χ4n) is 2.46. The van der Waals surface area contributed by atoms with Gasteiger partial charge in [-0.05, 0) is 18.6 Å². The van der Waals surface area contributed by atoms with Gasteiger partial charge in [-0.3, -0.25) is 19.3 Å². The molecule has 0 radical (unpaired) electrons. The van der Waals surface area contributed by atoms with Gasteiger partial charge in [0.25, 0.3) is 11.8 Å². The number of methoxy groups -OCH3 is 1. The molecule has 0 fully saturated rings. The van der Waals surface area contributed by atoms with Crippen LogP contribution in [0, 0.1) is 6.92 Å². The minimum Gasteiger partial charge on any atom is -0.496 e. The quantitative estimate of drug-likeness (QED) is 0.609. The zero-order valence-corrected chi connectivity index (χ0v) is 12.7. The molecule has 6 heteroatoms. The summed E-state index contributed by atoms with van der Waals surface area (Å²) in [5, 5.41) is 0. The van der Waals surface area contributed by atoms with Gasteiger partial charge in [0.2, 0.25) is 0 Å². The normalized spacial score (nSPS) is 15.1. The highest BCUT2D eigenvalue weighted by molar-refractivity contribution is 6.13. The van der Waals surface area contributed by atoms with Crippen LogP contribution in [0.15, 0.2) is 30.4 Å². The summed E-state index contributed by atoms with van der Waals surface area (Å²) in [6, 6.07) is 4.67. The van der Waals surface area contributed by atoms with Crippen LogP contribution in [0.25, 0.3) is 0 Å². The third-order valence-electron chi connectivity index (χ3n) is 3.44. The van der Waals surface area contributed by atoms with E-state index < -0.39 is 23.8 Å².